The fraction of sp³-hybridized carbons (Fsp3) is 0.770. The fourth-order valence-electron chi connectivity index (χ4n) is 12.9. The largest absolute Gasteiger partial charge is 0.420 e. The van der Waals surface area contributed by atoms with Crippen LogP contribution in [0.1, 0.15) is 141 Å². The van der Waals surface area contributed by atoms with Gasteiger partial charge < -0.3 is 129 Å². The molecule has 6 rings (SSSR count). The first-order valence-electron chi connectivity index (χ1n) is 39.4. The molecule has 0 spiro atoms. The average molecular weight is 1640 g/mol. The molecule has 0 aliphatic carbocycles. The van der Waals surface area contributed by atoms with Crippen molar-refractivity contribution in [1.82, 2.24) is 36.3 Å². The zero-order chi connectivity index (χ0) is 82.4. The van der Waals surface area contributed by atoms with Crippen molar-refractivity contribution in [3.8, 4) is 5.75 Å². The first kappa shape index (κ1) is 96.3. The van der Waals surface area contributed by atoms with Gasteiger partial charge in [-0.25, -0.2) is 30.7 Å². The van der Waals surface area contributed by atoms with E-state index in [2.05, 4.69) is 26.0 Å². The minimum absolute atomic E-state index is 0.0487. The van der Waals surface area contributed by atoms with Crippen molar-refractivity contribution in [3.05, 3.63) is 64.8 Å². The summed E-state index contributed by atoms with van der Waals surface area (Å²) in [5.41, 5.74) is 17.6. The van der Waals surface area contributed by atoms with E-state index in [0.717, 1.165) is 44.9 Å². The molecule has 5 saturated heterocycles. The molecule has 5 aliphatic rings. The highest BCUT2D eigenvalue weighted by atomic mass is 19.2. The molecule has 4 amide bonds. The first-order chi connectivity index (χ1) is 55.0. The third kappa shape index (κ3) is 36.6. The van der Waals surface area contributed by atoms with Gasteiger partial charge in [0.15, 0.2) is 12.6 Å². The number of hydrogen-bond acceptors (Lipinski definition) is 31. The maximum atomic E-state index is 14.1. The van der Waals surface area contributed by atoms with Crippen molar-refractivity contribution >= 4 is 29.6 Å². The molecule has 0 radical (unpaired) electrons. The van der Waals surface area contributed by atoms with Gasteiger partial charge >= 0.3 is 5.97 Å². The van der Waals surface area contributed by atoms with Gasteiger partial charge in [0.25, 0.3) is 0 Å². The van der Waals surface area contributed by atoms with Crippen molar-refractivity contribution in [2.24, 2.45) is 34.7 Å². The van der Waals surface area contributed by atoms with Crippen LogP contribution in [0.4, 0.5) is 22.0 Å². The highest BCUT2D eigenvalue weighted by molar-refractivity contribution is 5.80. The number of carbonyl (C=O) groups excluding carboxylic acids is 5. The molecule has 1 aromatic rings. The fourth-order valence-corrected chi connectivity index (χ4v) is 12.9. The lowest BCUT2D eigenvalue weighted by Crippen LogP contribution is -2.51. The Kier molecular flexibility index (Phi) is 46.0. The van der Waals surface area contributed by atoms with E-state index in [1.807, 2.05) is 0 Å². The number of hydrazine groups is 3. The van der Waals surface area contributed by atoms with Gasteiger partial charge in [-0.3, -0.25) is 29.0 Å². The molecule has 5 heterocycles. The number of hydrogen-bond donors (Lipinski definition) is 11. The van der Waals surface area contributed by atoms with Crippen LogP contribution in [0, 0.1) is 29.1 Å². The Bertz CT molecular complexity index is 2960. The Morgan fingerprint density at radius 3 is 1.23 bits per heavy atom. The topological polar surface area (TPSA) is 467 Å². The second-order valence-corrected chi connectivity index (χ2v) is 28.4. The number of aliphatic hydroxyl groups is 1. The lowest BCUT2D eigenvalue weighted by molar-refractivity contribution is -0.183. The molecule has 114 heavy (non-hydrogen) atoms. The molecule has 5 fully saturated rings. The van der Waals surface area contributed by atoms with Gasteiger partial charge in [0, 0.05) is 83.0 Å². The van der Waals surface area contributed by atoms with Crippen LogP contribution < -0.4 is 60.7 Å². The normalized spacial score (nSPS) is 21.5. The van der Waals surface area contributed by atoms with Gasteiger partial charge in [-0.1, -0.05) is 38.5 Å². The second-order valence-electron chi connectivity index (χ2n) is 28.4. The zero-order valence-electron chi connectivity index (χ0n) is 65.7. The number of fused-ring (bicyclic) bond motifs is 4. The molecule has 0 saturated carbocycles. The van der Waals surface area contributed by atoms with Crippen molar-refractivity contribution in [1.29, 1.82) is 0 Å². The van der Waals surface area contributed by atoms with Crippen molar-refractivity contribution in [3.63, 3.8) is 0 Å². The molecule has 2 unspecified atom stereocenters. The molecular weight excluding hydrogens is 1520 g/mol. The van der Waals surface area contributed by atoms with E-state index in [1.165, 1.54) is 28.3 Å². The second kappa shape index (κ2) is 54.5. The summed E-state index contributed by atoms with van der Waals surface area (Å²) < 4.78 is 158. The summed E-state index contributed by atoms with van der Waals surface area (Å²) in [4.78, 5) is 67.1. The lowest BCUT2D eigenvalue weighted by Gasteiger charge is -2.40. The van der Waals surface area contributed by atoms with Crippen LogP contribution in [-0.2, 0) is 95.0 Å². The summed E-state index contributed by atoms with van der Waals surface area (Å²) in [5.74, 6) is 3.05. The number of halogens is 5. The van der Waals surface area contributed by atoms with Gasteiger partial charge in [-0.15, -0.1) is 0 Å². The van der Waals surface area contributed by atoms with Crippen molar-refractivity contribution < 1.29 is 127 Å². The van der Waals surface area contributed by atoms with Gasteiger partial charge in [0.2, 0.25) is 58.5 Å². The molecule has 35 nitrogen and oxygen atoms in total. The van der Waals surface area contributed by atoms with Gasteiger partial charge in [-0.05, 0) is 70.6 Å². The van der Waals surface area contributed by atoms with E-state index >= 15 is 0 Å². The number of nitrogens with one attached hydrogen (secondary N) is 4. The van der Waals surface area contributed by atoms with E-state index in [-0.39, 0.29) is 257 Å². The summed E-state index contributed by atoms with van der Waals surface area (Å²) in [6.45, 7) is 5.28. The molecule has 40 heteroatoms. The molecule has 4 bridgehead atoms. The predicted octanol–water partition coefficient (Wildman–Crippen LogP) is 2.13. The van der Waals surface area contributed by atoms with E-state index in [4.69, 9.17) is 106 Å². The number of nitrogens with two attached hydrogens (primary N) is 6. The number of rotatable bonds is 63. The highest BCUT2D eigenvalue weighted by Crippen LogP contribution is 2.34. The molecule has 0 aromatic heterocycles. The van der Waals surface area contributed by atoms with Crippen LogP contribution in [0.25, 0.3) is 0 Å². The number of methoxy groups -OCH3 is 1. The summed E-state index contributed by atoms with van der Waals surface area (Å²) in [6, 6.07) is -0.299. The molecule has 652 valence electrons. The predicted molar refractivity (Wildman–Crippen MR) is 399 cm³/mol. The van der Waals surface area contributed by atoms with E-state index in [1.54, 1.807) is 12.4 Å². The first-order valence-corrected chi connectivity index (χ1v) is 39.4. The van der Waals surface area contributed by atoms with E-state index < -0.39 is 70.8 Å². The maximum absolute atomic E-state index is 14.1. The number of nitrogens with zero attached hydrogens (tertiary/aromatic N) is 3. The minimum Gasteiger partial charge on any atom is -0.420 e. The van der Waals surface area contributed by atoms with Gasteiger partial charge in [-0.2, -0.15) is 8.78 Å². The monoisotopic (exact) mass is 1640 g/mol. The molecular formula is C74H124F5N13O22. The molecule has 5 aliphatic heterocycles. The molecule has 1 aromatic carbocycles. The number of carbonyl (C=O) groups is 5. The Labute approximate surface area is 663 Å². The summed E-state index contributed by atoms with van der Waals surface area (Å²) in [5, 5.41) is 25.7. The number of esters is 1. The van der Waals surface area contributed by atoms with E-state index in [9.17, 15) is 51.0 Å². The Balaban J connectivity index is 0.940. The maximum Gasteiger partial charge on any atom is 0.311 e. The number of unbranched alkanes of at least 4 members (excludes halogenated alkanes) is 7. The third-order valence-corrected chi connectivity index (χ3v) is 19.5. The standard InChI is InChI=1S/C74H124F5N13O22/c1-99-74(50-93)23-19-63(111-51-74)92(85)44-54(82)47-108-41-38-105-35-32-102-29-26-88-61(96)18-22-73(89-62(97)10-8-6-4-2-3-5-7-9-11-64(98)114-70-68(78)66(76)65(75)67(77)69(70)79,20-16-59(94)86-24-27-100-30-33-103-36-39-106-45-52(80)42-90(83)57-14-12-55-48-109-71(57)112-55)21-17-60(95)87-25-28-101-31-34-104-37-40-107-46-53(81)43-91(84)58-15-13-56-49-110-72(58)113-56/h42-44,55-58,63,71-72,93H,2-41,45-51,80-85H2,1H3,(H,86,94)(H,87,95)(H,88,96)(H,89,97)/b52-42-,53-43-,54-44-/t55-,56?,57-,58-,63+,71-,72-,73?,74+/m1/s1. The van der Waals surface area contributed by atoms with Gasteiger partial charge in [0.1, 0.15) is 11.8 Å². The smallest absolute Gasteiger partial charge is 0.311 e. The van der Waals surface area contributed by atoms with Crippen LogP contribution in [0.3, 0.4) is 0 Å². The summed E-state index contributed by atoms with van der Waals surface area (Å²) in [6.07, 6.45) is 12.5. The van der Waals surface area contributed by atoms with Crippen molar-refractivity contribution in [2.45, 2.75) is 195 Å². The zero-order valence-corrected chi connectivity index (χ0v) is 65.7. The quantitative estimate of drug-likeness (QED) is 0.00650. The third-order valence-electron chi connectivity index (χ3n) is 19.5. The number of benzene rings is 1. The number of aliphatic hydroxyl groups excluding tert-OH is 1. The average Bonchev–Trinajstić information content (AvgIpc) is 0.872. The van der Waals surface area contributed by atoms with Crippen LogP contribution in [0.5, 0.6) is 5.75 Å². The molecule has 17 N–H and O–H groups in total. The van der Waals surface area contributed by atoms with Gasteiger partial charge in [0.05, 0.1) is 187 Å². The summed E-state index contributed by atoms with van der Waals surface area (Å²) in [7, 11) is 1.52. The van der Waals surface area contributed by atoms with Crippen molar-refractivity contribution in [2.75, 3.05) is 172 Å². The Morgan fingerprint density at radius 1 is 0.474 bits per heavy atom. The summed E-state index contributed by atoms with van der Waals surface area (Å²) >= 11 is 0. The van der Waals surface area contributed by atoms with Crippen LogP contribution in [0.15, 0.2) is 35.7 Å². The highest BCUT2D eigenvalue weighted by Gasteiger charge is 2.42. The Morgan fingerprint density at radius 2 is 0.842 bits per heavy atom. The van der Waals surface area contributed by atoms with E-state index in [0.29, 0.717) is 68.8 Å². The molecule has 9 atom stereocenters. The van der Waals surface area contributed by atoms with Crippen LogP contribution in [-0.4, -0.2) is 276 Å². The lowest BCUT2D eigenvalue weighted by atomic mass is 9.82. The van der Waals surface area contributed by atoms with Crippen LogP contribution >= 0.6 is 0 Å². The Hall–Kier alpha value is -6.52. The SMILES string of the molecule is CO[C@]1(CO)CC[C@@H](N(N)/C=C(\N)COCCOCCOCCNC(=O)CCC(CCC(=O)NCCOCCOCCOC/C(N)=C/N(N)[C@@H]2CCC3CO[C@@H]2O3)(CCC(=O)NCCOCCOCCOC/C(N)=C/N(N)[C@@H]2CC[C@@H]3CO[C@@H]2O3)NC(=O)CCCCCCCCCCC(=O)Oc2c(F)c(F)c(F)c(F)c2F)OC1. The minimum atomic E-state index is -2.37. The number of ether oxygens (including phenoxy) is 16. The number of amides is 4. The van der Waals surface area contributed by atoms with Crippen LogP contribution in [0.2, 0.25) is 0 Å².